The van der Waals surface area contributed by atoms with E-state index in [-0.39, 0.29) is 23.8 Å². The van der Waals surface area contributed by atoms with Crippen molar-refractivity contribution in [1.82, 2.24) is 10.2 Å². The lowest BCUT2D eigenvalue weighted by atomic mass is 9.91. The molecule has 0 radical (unpaired) electrons. The molecule has 2 aliphatic heterocycles. The van der Waals surface area contributed by atoms with E-state index in [1.165, 1.54) is 0 Å². The zero-order valence-electron chi connectivity index (χ0n) is 10.7. The van der Waals surface area contributed by atoms with Crippen LogP contribution in [0.3, 0.4) is 0 Å². The second kappa shape index (κ2) is 5.37. The van der Waals surface area contributed by atoms with Gasteiger partial charge in [0.1, 0.15) is 0 Å². The molecule has 3 rings (SSSR count). The summed E-state index contributed by atoms with van der Waals surface area (Å²) in [6.07, 6.45) is 1.72. The average molecular weight is 358 g/mol. The standard InChI is InChI=1S/C14H14BrClN2O2/c15-9-4-8(5-10(16)6-9)14(20)18-3-1-2-11-12(18)7-17-13(11)19/h4-6,11-12H,1-3,7H2,(H,17,19). The minimum Gasteiger partial charge on any atom is -0.354 e. The molecule has 2 aliphatic rings. The maximum atomic E-state index is 12.7. The molecule has 0 saturated carbocycles. The zero-order chi connectivity index (χ0) is 14.3. The van der Waals surface area contributed by atoms with Crippen LogP contribution in [-0.4, -0.2) is 35.8 Å². The molecule has 0 aromatic heterocycles. The number of amides is 2. The van der Waals surface area contributed by atoms with Crippen molar-refractivity contribution in [2.45, 2.75) is 18.9 Å². The highest BCUT2D eigenvalue weighted by atomic mass is 79.9. The van der Waals surface area contributed by atoms with Crippen LogP contribution in [0, 0.1) is 5.92 Å². The van der Waals surface area contributed by atoms with E-state index in [9.17, 15) is 9.59 Å². The van der Waals surface area contributed by atoms with E-state index in [1.54, 1.807) is 18.2 Å². The molecular weight excluding hydrogens is 344 g/mol. The van der Waals surface area contributed by atoms with Crippen LogP contribution in [-0.2, 0) is 4.79 Å². The number of carbonyl (C=O) groups excluding carboxylic acids is 2. The van der Waals surface area contributed by atoms with Gasteiger partial charge >= 0.3 is 0 Å². The van der Waals surface area contributed by atoms with Crippen LogP contribution >= 0.6 is 27.5 Å². The summed E-state index contributed by atoms with van der Waals surface area (Å²) < 4.78 is 0.780. The Hall–Kier alpha value is -1.07. The third kappa shape index (κ3) is 2.44. The van der Waals surface area contributed by atoms with Crippen LogP contribution in [0.15, 0.2) is 22.7 Å². The largest absolute Gasteiger partial charge is 0.354 e. The van der Waals surface area contributed by atoms with Gasteiger partial charge in [-0.3, -0.25) is 9.59 Å². The Kier molecular flexibility index (Phi) is 3.73. The molecule has 20 heavy (non-hydrogen) atoms. The summed E-state index contributed by atoms with van der Waals surface area (Å²) in [4.78, 5) is 26.2. The predicted octanol–water partition coefficient (Wildman–Crippen LogP) is 2.45. The van der Waals surface area contributed by atoms with Crippen LogP contribution in [0.2, 0.25) is 5.02 Å². The highest BCUT2D eigenvalue weighted by Gasteiger charge is 2.42. The number of piperidine rings is 1. The fourth-order valence-electron chi connectivity index (χ4n) is 3.05. The maximum Gasteiger partial charge on any atom is 0.254 e. The van der Waals surface area contributed by atoms with E-state index in [2.05, 4.69) is 21.2 Å². The van der Waals surface area contributed by atoms with Gasteiger partial charge in [0.2, 0.25) is 5.91 Å². The van der Waals surface area contributed by atoms with Crippen molar-refractivity contribution in [2.75, 3.05) is 13.1 Å². The molecule has 0 aliphatic carbocycles. The number of likely N-dealkylation sites (tertiary alicyclic amines) is 1. The summed E-state index contributed by atoms with van der Waals surface area (Å²) in [7, 11) is 0. The van der Waals surface area contributed by atoms with E-state index in [0.717, 1.165) is 17.3 Å². The first-order chi connectivity index (χ1) is 9.56. The van der Waals surface area contributed by atoms with Crippen molar-refractivity contribution in [1.29, 1.82) is 0 Å². The topological polar surface area (TPSA) is 49.4 Å². The second-order valence-electron chi connectivity index (χ2n) is 5.22. The molecule has 6 heteroatoms. The third-order valence-electron chi connectivity index (χ3n) is 3.97. The van der Waals surface area contributed by atoms with Gasteiger partial charge in [-0.15, -0.1) is 0 Å². The Morgan fingerprint density at radius 2 is 2.20 bits per heavy atom. The molecule has 2 atom stereocenters. The lowest BCUT2D eigenvalue weighted by molar-refractivity contribution is -0.123. The van der Waals surface area contributed by atoms with Crippen molar-refractivity contribution in [3.8, 4) is 0 Å². The molecule has 106 valence electrons. The van der Waals surface area contributed by atoms with Gasteiger partial charge in [-0.2, -0.15) is 0 Å². The van der Waals surface area contributed by atoms with Crippen molar-refractivity contribution >= 4 is 39.3 Å². The molecular formula is C14H14BrClN2O2. The SMILES string of the molecule is O=C1NCC2C1CCCN2C(=O)c1cc(Cl)cc(Br)c1. The molecule has 2 fully saturated rings. The predicted molar refractivity (Wildman–Crippen MR) is 79.7 cm³/mol. The molecule has 2 heterocycles. The second-order valence-corrected chi connectivity index (χ2v) is 6.57. The molecule has 2 saturated heterocycles. The Bertz CT molecular complexity index is 558. The molecule has 1 N–H and O–H groups in total. The van der Waals surface area contributed by atoms with E-state index < -0.39 is 0 Å². The van der Waals surface area contributed by atoms with E-state index in [1.807, 2.05) is 4.90 Å². The van der Waals surface area contributed by atoms with Gasteiger partial charge in [-0.1, -0.05) is 27.5 Å². The minimum atomic E-state index is -0.0599. The van der Waals surface area contributed by atoms with Gasteiger partial charge < -0.3 is 10.2 Å². The molecule has 0 spiro atoms. The van der Waals surface area contributed by atoms with Crippen molar-refractivity contribution in [2.24, 2.45) is 5.92 Å². The van der Waals surface area contributed by atoms with Crippen LogP contribution in [0.25, 0.3) is 0 Å². The van der Waals surface area contributed by atoms with Crippen molar-refractivity contribution in [3.63, 3.8) is 0 Å². The Morgan fingerprint density at radius 1 is 1.40 bits per heavy atom. The quantitative estimate of drug-likeness (QED) is 0.839. The molecule has 1 aromatic rings. The smallest absolute Gasteiger partial charge is 0.254 e. The third-order valence-corrected chi connectivity index (χ3v) is 4.65. The zero-order valence-corrected chi connectivity index (χ0v) is 13.1. The normalized spacial score (nSPS) is 25.3. The van der Waals surface area contributed by atoms with Crippen LogP contribution < -0.4 is 5.32 Å². The highest BCUT2D eigenvalue weighted by molar-refractivity contribution is 9.10. The van der Waals surface area contributed by atoms with Gasteiger partial charge in [0.05, 0.1) is 12.0 Å². The molecule has 2 amide bonds. The number of rotatable bonds is 1. The van der Waals surface area contributed by atoms with Crippen LogP contribution in [0.5, 0.6) is 0 Å². The summed E-state index contributed by atoms with van der Waals surface area (Å²) in [6, 6.07) is 5.16. The lowest BCUT2D eigenvalue weighted by Gasteiger charge is -2.36. The lowest BCUT2D eigenvalue weighted by Crippen LogP contribution is -2.48. The van der Waals surface area contributed by atoms with Crippen molar-refractivity contribution in [3.05, 3.63) is 33.3 Å². The first-order valence-corrected chi connectivity index (χ1v) is 7.78. The summed E-state index contributed by atoms with van der Waals surface area (Å²) in [5.41, 5.74) is 0.560. The number of halogens is 2. The number of hydrogen-bond donors (Lipinski definition) is 1. The number of nitrogens with zero attached hydrogens (tertiary/aromatic N) is 1. The highest BCUT2D eigenvalue weighted by Crippen LogP contribution is 2.29. The minimum absolute atomic E-state index is 0.0264. The van der Waals surface area contributed by atoms with Crippen LogP contribution in [0.1, 0.15) is 23.2 Å². The molecule has 1 aromatic carbocycles. The van der Waals surface area contributed by atoms with E-state index in [0.29, 0.717) is 23.7 Å². The summed E-state index contributed by atoms with van der Waals surface area (Å²) in [5.74, 6) is -0.0468. The van der Waals surface area contributed by atoms with Gasteiger partial charge in [0.15, 0.2) is 0 Å². The first-order valence-electron chi connectivity index (χ1n) is 6.61. The van der Waals surface area contributed by atoms with E-state index in [4.69, 9.17) is 11.6 Å². The van der Waals surface area contributed by atoms with Gasteiger partial charge in [0, 0.05) is 28.1 Å². The number of hydrogen-bond acceptors (Lipinski definition) is 2. The fourth-order valence-corrected chi connectivity index (χ4v) is 3.91. The molecule has 0 bridgehead atoms. The summed E-state index contributed by atoms with van der Waals surface area (Å²) in [6.45, 7) is 1.25. The number of benzene rings is 1. The van der Waals surface area contributed by atoms with Crippen molar-refractivity contribution < 1.29 is 9.59 Å². The Morgan fingerprint density at radius 3 is 2.95 bits per heavy atom. The molecule has 4 nitrogen and oxygen atoms in total. The number of nitrogens with one attached hydrogen (secondary N) is 1. The molecule has 2 unspecified atom stereocenters. The Labute approximate surface area is 130 Å². The number of carbonyl (C=O) groups is 2. The van der Waals surface area contributed by atoms with Gasteiger partial charge in [-0.05, 0) is 31.0 Å². The van der Waals surface area contributed by atoms with Gasteiger partial charge in [0.25, 0.3) is 5.91 Å². The van der Waals surface area contributed by atoms with E-state index >= 15 is 0 Å². The summed E-state index contributed by atoms with van der Waals surface area (Å²) >= 11 is 9.35. The first kappa shape index (κ1) is 13.9. The Balaban J connectivity index is 1.88. The maximum absolute atomic E-state index is 12.7. The summed E-state index contributed by atoms with van der Waals surface area (Å²) in [5, 5.41) is 3.38. The fraction of sp³-hybridized carbons (Fsp3) is 0.429. The van der Waals surface area contributed by atoms with Crippen LogP contribution in [0.4, 0.5) is 0 Å². The monoisotopic (exact) mass is 356 g/mol. The average Bonchev–Trinajstić information content (AvgIpc) is 2.79. The number of fused-ring (bicyclic) bond motifs is 1. The van der Waals surface area contributed by atoms with Gasteiger partial charge in [-0.25, -0.2) is 0 Å².